The van der Waals surface area contributed by atoms with Gasteiger partial charge in [-0.1, -0.05) is 36.8 Å². The molecule has 2 aromatic carbocycles. The number of carbonyl (C=O) groups is 3. The van der Waals surface area contributed by atoms with Crippen LogP contribution in [-0.4, -0.2) is 48.3 Å². The summed E-state index contributed by atoms with van der Waals surface area (Å²) < 4.78 is 14.0. The van der Waals surface area contributed by atoms with Crippen LogP contribution < -0.4 is 10.6 Å². The van der Waals surface area contributed by atoms with Crippen molar-refractivity contribution in [3.8, 4) is 0 Å². The molecule has 1 fully saturated rings. The fraction of sp³-hybridized carbons (Fsp3) is 0.400. The Morgan fingerprint density at radius 2 is 1.81 bits per heavy atom. The molecule has 2 aromatic rings. The lowest BCUT2D eigenvalue weighted by molar-refractivity contribution is -0.124. The molecule has 0 radical (unpaired) electrons. The van der Waals surface area contributed by atoms with Crippen molar-refractivity contribution in [1.82, 2.24) is 15.5 Å². The number of hydrogen-bond acceptors (Lipinski definition) is 3. The molecule has 6 nitrogen and oxygen atoms in total. The van der Waals surface area contributed by atoms with Gasteiger partial charge in [-0.25, -0.2) is 4.39 Å². The quantitative estimate of drug-likeness (QED) is 0.695. The van der Waals surface area contributed by atoms with E-state index in [4.69, 9.17) is 0 Å². The Bertz CT molecular complexity index is 970. The number of halogens is 1. The summed E-state index contributed by atoms with van der Waals surface area (Å²) in [6.45, 7) is 5.20. The van der Waals surface area contributed by atoms with Crippen LogP contribution >= 0.6 is 0 Å². The van der Waals surface area contributed by atoms with Gasteiger partial charge in [0, 0.05) is 25.2 Å². The lowest BCUT2D eigenvalue weighted by Crippen LogP contribution is -2.54. The molecule has 0 spiro atoms. The predicted molar refractivity (Wildman–Crippen MR) is 121 cm³/mol. The fourth-order valence-electron chi connectivity index (χ4n) is 4.01. The molecule has 3 amide bonds. The fourth-order valence-corrected chi connectivity index (χ4v) is 4.01. The number of hydrogen-bond donors (Lipinski definition) is 2. The number of nitrogens with zero attached hydrogens (tertiary/aromatic N) is 1. The first-order chi connectivity index (χ1) is 15.4. The Morgan fingerprint density at radius 1 is 1.09 bits per heavy atom. The zero-order valence-electron chi connectivity index (χ0n) is 18.6. The minimum atomic E-state index is -0.694. The molecule has 32 heavy (non-hydrogen) atoms. The third kappa shape index (κ3) is 5.72. The predicted octanol–water partition coefficient (Wildman–Crippen LogP) is 3.31. The second-order valence-corrected chi connectivity index (χ2v) is 8.22. The van der Waals surface area contributed by atoms with E-state index in [1.54, 1.807) is 29.2 Å². The number of carbonyl (C=O) groups excluding carboxylic acids is 3. The molecule has 1 aliphatic rings. The molecule has 3 rings (SSSR count). The largest absolute Gasteiger partial charge is 0.354 e. The molecule has 7 heteroatoms. The summed E-state index contributed by atoms with van der Waals surface area (Å²) in [7, 11) is 0. The Kier molecular flexibility index (Phi) is 7.98. The molecular formula is C25H30FN3O3. The first-order valence-corrected chi connectivity index (χ1v) is 11.1. The van der Waals surface area contributed by atoms with Crippen LogP contribution in [0.1, 0.15) is 52.5 Å². The molecule has 1 heterocycles. The van der Waals surface area contributed by atoms with Crippen molar-refractivity contribution in [2.45, 2.75) is 39.2 Å². The summed E-state index contributed by atoms with van der Waals surface area (Å²) in [6, 6.07) is 12.5. The molecule has 1 saturated heterocycles. The Balaban J connectivity index is 1.69. The molecule has 0 unspecified atom stereocenters. The van der Waals surface area contributed by atoms with E-state index >= 15 is 0 Å². The lowest BCUT2D eigenvalue weighted by atomic mass is 9.88. The minimum Gasteiger partial charge on any atom is -0.354 e. The molecule has 0 aromatic heterocycles. The summed E-state index contributed by atoms with van der Waals surface area (Å²) in [6.07, 6.45) is 1.87. The van der Waals surface area contributed by atoms with Gasteiger partial charge in [0.05, 0.1) is 5.56 Å². The van der Waals surface area contributed by atoms with E-state index in [2.05, 4.69) is 10.6 Å². The number of nitrogens with one attached hydrogen (secondary N) is 2. The second-order valence-electron chi connectivity index (χ2n) is 8.22. The van der Waals surface area contributed by atoms with Crippen LogP contribution in [-0.2, 0) is 4.79 Å². The van der Waals surface area contributed by atoms with Crippen molar-refractivity contribution in [2.24, 2.45) is 5.92 Å². The Hall–Kier alpha value is -3.22. The van der Waals surface area contributed by atoms with E-state index in [0.717, 1.165) is 12.0 Å². The van der Waals surface area contributed by atoms with Crippen LogP contribution in [0.15, 0.2) is 48.5 Å². The summed E-state index contributed by atoms with van der Waals surface area (Å²) in [5.74, 6) is -1.52. The van der Waals surface area contributed by atoms with Crippen molar-refractivity contribution < 1.29 is 18.8 Å². The smallest absolute Gasteiger partial charge is 0.256 e. The number of piperidine rings is 1. The van der Waals surface area contributed by atoms with Crippen LogP contribution in [0.25, 0.3) is 0 Å². The average Bonchev–Trinajstić information content (AvgIpc) is 2.81. The zero-order chi connectivity index (χ0) is 23.1. The molecular weight excluding hydrogens is 409 g/mol. The maximum absolute atomic E-state index is 14.0. The standard InChI is InChI=1S/C25H30FN3O3/c1-3-13-27-24(31)22(28-23(30)19-8-6-7-17(2)16-19)18-11-14-29(15-12-18)25(32)20-9-4-5-10-21(20)26/h4-10,16,18,22H,3,11-15H2,1-2H3,(H,27,31)(H,28,30)/t22-/m0/s1. The van der Waals surface area contributed by atoms with Crippen LogP contribution in [0.2, 0.25) is 0 Å². The molecule has 170 valence electrons. The normalized spacial score (nSPS) is 15.2. The SMILES string of the molecule is CCCNC(=O)[C@@H](NC(=O)c1cccc(C)c1)C1CCN(C(=O)c2ccccc2F)CC1. The van der Waals surface area contributed by atoms with E-state index in [1.165, 1.54) is 12.1 Å². The van der Waals surface area contributed by atoms with Gasteiger partial charge in [0.2, 0.25) is 5.91 Å². The van der Waals surface area contributed by atoms with Crippen molar-refractivity contribution in [1.29, 1.82) is 0 Å². The third-order valence-electron chi connectivity index (χ3n) is 5.80. The molecule has 1 atom stereocenters. The Labute approximate surface area is 188 Å². The van der Waals surface area contributed by atoms with E-state index in [-0.39, 0.29) is 29.2 Å². The van der Waals surface area contributed by atoms with Gasteiger partial charge in [-0.05, 0) is 56.4 Å². The van der Waals surface area contributed by atoms with Gasteiger partial charge in [-0.15, -0.1) is 0 Å². The Morgan fingerprint density at radius 3 is 2.47 bits per heavy atom. The van der Waals surface area contributed by atoms with E-state index in [0.29, 0.717) is 38.0 Å². The van der Waals surface area contributed by atoms with E-state index < -0.39 is 11.9 Å². The summed E-state index contributed by atoms with van der Waals surface area (Å²) in [5, 5.41) is 5.79. The van der Waals surface area contributed by atoms with Gasteiger partial charge in [0.25, 0.3) is 11.8 Å². The highest BCUT2D eigenvalue weighted by Crippen LogP contribution is 2.23. The van der Waals surface area contributed by atoms with Crippen molar-refractivity contribution in [3.63, 3.8) is 0 Å². The topological polar surface area (TPSA) is 78.5 Å². The minimum absolute atomic E-state index is 0.0518. The summed E-state index contributed by atoms with van der Waals surface area (Å²) in [5.41, 5.74) is 1.52. The average molecular weight is 440 g/mol. The first kappa shape index (κ1) is 23.4. The molecule has 2 N–H and O–H groups in total. The monoisotopic (exact) mass is 439 g/mol. The van der Waals surface area contributed by atoms with Gasteiger partial charge < -0.3 is 15.5 Å². The van der Waals surface area contributed by atoms with Gasteiger partial charge >= 0.3 is 0 Å². The first-order valence-electron chi connectivity index (χ1n) is 11.1. The van der Waals surface area contributed by atoms with Gasteiger partial charge in [-0.3, -0.25) is 14.4 Å². The van der Waals surface area contributed by atoms with Gasteiger partial charge in [0.15, 0.2) is 0 Å². The zero-order valence-corrected chi connectivity index (χ0v) is 18.6. The van der Waals surface area contributed by atoms with Gasteiger partial charge in [-0.2, -0.15) is 0 Å². The number of amides is 3. The summed E-state index contributed by atoms with van der Waals surface area (Å²) in [4.78, 5) is 40.0. The molecule has 0 saturated carbocycles. The van der Waals surface area contributed by atoms with E-state index in [1.807, 2.05) is 26.0 Å². The number of rotatable bonds is 7. The molecule has 0 bridgehead atoms. The maximum atomic E-state index is 14.0. The maximum Gasteiger partial charge on any atom is 0.256 e. The third-order valence-corrected chi connectivity index (χ3v) is 5.80. The van der Waals surface area contributed by atoms with Crippen molar-refractivity contribution >= 4 is 17.7 Å². The van der Waals surface area contributed by atoms with Crippen LogP contribution in [0.5, 0.6) is 0 Å². The molecule has 1 aliphatic heterocycles. The number of benzene rings is 2. The highest BCUT2D eigenvalue weighted by molar-refractivity contribution is 5.98. The van der Waals surface area contributed by atoms with E-state index in [9.17, 15) is 18.8 Å². The molecule has 0 aliphatic carbocycles. The number of aryl methyl sites for hydroxylation is 1. The number of likely N-dealkylation sites (tertiary alicyclic amines) is 1. The van der Waals surface area contributed by atoms with Crippen LogP contribution in [0.3, 0.4) is 0 Å². The van der Waals surface area contributed by atoms with Gasteiger partial charge in [0.1, 0.15) is 11.9 Å². The lowest BCUT2D eigenvalue weighted by Gasteiger charge is -2.36. The van der Waals surface area contributed by atoms with Crippen LogP contribution in [0, 0.1) is 18.7 Å². The highest BCUT2D eigenvalue weighted by atomic mass is 19.1. The van der Waals surface area contributed by atoms with Crippen molar-refractivity contribution in [2.75, 3.05) is 19.6 Å². The summed E-state index contributed by atoms with van der Waals surface area (Å²) >= 11 is 0. The van der Waals surface area contributed by atoms with Crippen molar-refractivity contribution in [3.05, 3.63) is 71.0 Å². The highest BCUT2D eigenvalue weighted by Gasteiger charge is 2.34. The second kappa shape index (κ2) is 10.9. The van der Waals surface area contributed by atoms with Crippen LogP contribution in [0.4, 0.5) is 4.39 Å².